The summed E-state index contributed by atoms with van der Waals surface area (Å²) in [5.41, 5.74) is 5.32. The Kier molecular flexibility index (Phi) is 4.68. The normalized spacial score (nSPS) is 9.79. The highest BCUT2D eigenvalue weighted by Crippen LogP contribution is 2.16. The van der Waals surface area contributed by atoms with Gasteiger partial charge in [0, 0.05) is 4.88 Å². The number of aryl methyl sites for hydroxylation is 1. The summed E-state index contributed by atoms with van der Waals surface area (Å²) in [5, 5.41) is 3.76. The first kappa shape index (κ1) is 13.7. The summed E-state index contributed by atoms with van der Waals surface area (Å²) in [6.07, 6.45) is 1.60. The van der Waals surface area contributed by atoms with Gasteiger partial charge >= 0.3 is 0 Å². The monoisotopic (exact) mass is 291 g/mol. The van der Waals surface area contributed by atoms with Crippen LogP contribution in [-0.4, -0.2) is 17.4 Å². The van der Waals surface area contributed by atoms with Gasteiger partial charge in [0.1, 0.15) is 4.88 Å². The van der Waals surface area contributed by atoms with Gasteiger partial charge in [-0.2, -0.15) is 0 Å². The molecule has 0 aliphatic heterocycles. The molecule has 0 aromatic carbocycles. The van der Waals surface area contributed by atoms with E-state index in [0.29, 0.717) is 18.0 Å². The van der Waals surface area contributed by atoms with Crippen LogP contribution < -0.4 is 11.1 Å². The molecule has 0 unspecified atom stereocenters. The number of thiazole rings is 1. The second-order valence-electron chi connectivity index (χ2n) is 3.70. The smallest absolute Gasteiger partial charge is 0.263 e. The van der Waals surface area contributed by atoms with Gasteiger partial charge in [-0.3, -0.25) is 4.79 Å². The Balaban J connectivity index is 1.92. The molecule has 6 heteroatoms. The highest BCUT2D eigenvalue weighted by atomic mass is 32.1. The fraction of sp³-hybridized carbons (Fsp3) is 0.231. The molecule has 0 radical (unpaired) electrons. The number of aromatic nitrogens is 1. The van der Waals surface area contributed by atoms with Crippen molar-refractivity contribution in [3.8, 4) is 11.8 Å². The lowest BCUT2D eigenvalue weighted by molar-refractivity contribution is 0.0955. The Bertz CT molecular complexity index is 634. The van der Waals surface area contributed by atoms with Crippen LogP contribution in [-0.2, 0) is 6.54 Å². The third-order valence-electron chi connectivity index (χ3n) is 2.24. The lowest BCUT2D eigenvalue weighted by atomic mass is 10.4. The lowest BCUT2D eigenvalue weighted by Crippen LogP contribution is -2.21. The van der Waals surface area contributed by atoms with Crippen molar-refractivity contribution < 1.29 is 4.79 Å². The predicted molar refractivity (Wildman–Crippen MR) is 78.3 cm³/mol. The number of nitrogens with one attached hydrogen (secondary N) is 1. The van der Waals surface area contributed by atoms with Crippen LogP contribution >= 0.6 is 22.7 Å². The molecule has 3 N–H and O–H groups in total. The first-order valence-electron chi connectivity index (χ1n) is 5.67. The topological polar surface area (TPSA) is 68.0 Å². The van der Waals surface area contributed by atoms with Gasteiger partial charge in [-0.15, -0.1) is 22.7 Å². The van der Waals surface area contributed by atoms with Gasteiger partial charge in [-0.25, -0.2) is 4.98 Å². The molecule has 19 heavy (non-hydrogen) atoms. The minimum Gasteiger partial charge on any atom is -0.346 e. The molecule has 1 amide bonds. The molecule has 0 spiro atoms. The molecule has 2 heterocycles. The van der Waals surface area contributed by atoms with E-state index in [4.69, 9.17) is 5.73 Å². The summed E-state index contributed by atoms with van der Waals surface area (Å²) in [7, 11) is 0. The number of hydrogen-bond acceptors (Lipinski definition) is 5. The maximum Gasteiger partial charge on any atom is 0.263 e. The number of amides is 1. The Morgan fingerprint density at radius 3 is 3.00 bits per heavy atom. The van der Waals surface area contributed by atoms with E-state index in [9.17, 15) is 4.79 Å². The molecule has 98 valence electrons. The zero-order valence-electron chi connectivity index (χ0n) is 10.4. The van der Waals surface area contributed by atoms with Crippen LogP contribution in [0.5, 0.6) is 0 Å². The molecular weight excluding hydrogens is 278 g/mol. The average molecular weight is 291 g/mol. The van der Waals surface area contributed by atoms with E-state index in [1.165, 1.54) is 11.3 Å². The first-order valence-corrected chi connectivity index (χ1v) is 7.30. The Morgan fingerprint density at radius 2 is 2.32 bits per heavy atom. The molecular formula is C13H13N3OS2. The van der Waals surface area contributed by atoms with E-state index in [1.54, 1.807) is 17.5 Å². The van der Waals surface area contributed by atoms with Crippen LogP contribution in [0.15, 0.2) is 18.3 Å². The summed E-state index contributed by atoms with van der Waals surface area (Å²) >= 11 is 2.95. The average Bonchev–Trinajstić information content (AvgIpc) is 3.02. The molecule has 2 aromatic heterocycles. The lowest BCUT2D eigenvalue weighted by Gasteiger charge is -1.99. The van der Waals surface area contributed by atoms with Gasteiger partial charge in [0.15, 0.2) is 0 Å². The number of carbonyl (C=O) groups is 1. The van der Waals surface area contributed by atoms with Crippen LogP contribution in [0.25, 0.3) is 0 Å². The summed E-state index contributed by atoms with van der Waals surface area (Å²) in [4.78, 5) is 18.6. The molecule has 0 aliphatic rings. The standard InChI is InChI=1S/C13H13N3OS2/c1-9-15-8-12(18-9)13(17)16-7-11-5-4-10(19-11)3-2-6-14/h4-5,8H,6-7,14H2,1H3,(H,16,17). The summed E-state index contributed by atoms with van der Waals surface area (Å²) < 4.78 is 0. The van der Waals surface area contributed by atoms with Crippen molar-refractivity contribution in [3.05, 3.63) is 38.0 Å². The molecule has 0 saturated heterocycles. The Hall–Kier alpha value is -1.68. The van der Waals surface area contributed by atoms with Crippen LogP contribution in [0, 0.1) is 18.8 Å². The molecule has 0 atom stereocenters. The fourth-order valence-corrected chi connectivity index (χ4v) is 2.92. The first-order chi connectivity index (χ1) is 9.19. The molecule has 2 aromatic rings. The van der Waals surface area contributed by atoms with Crippen molar-refractivity contribution in [2.75, 3.05) is 6.54 Å². The highest BCUT2D eigenvalue weighted by molar-refractivity contribution is 7.13. The summed E-state index contributed by atoms with van der Waals surface area (Å²) in [6.45, 7) is 2.74. The number of carbonyl (C=O) groups excluding carboxylic acids is 1. The van der Waals surface area contributed by atoms with Gasteiger partial charge in [-0.05, 0) is 19.1 Å². The molecule has 4 nitrogen and oxygen atoms in total. The van der Waals surface area contributed by atoms with E-state index >= 15 is 0 Å². The van der Waals surface area contributed by atoms with Crippen molar-refractivity contribution in [2.45, 2.75) is 13.5 Å². The van der Waals surface area contributed by atoms with Gasteiger partial charge in [0.25, 0.3) is 5.91 Å². The number of thiophene rings is 1. The number of rotatable bonds is 3. The van der Waals surface area contributed by atoms with Gasteiger partial charge < -0.3 is 11.1 Å². The second kappa shape index (κ2) is 6.48. The predicted octanol–water partition coefficient (Wildman–Crippen LogP) is 1.75. The second-order valence-corrected chi connectivity index (χ2v) is 6.10. The van der Waals surface area contributed by atoms with Gasteiger partial charge in [0.05, 0.1) is 29.2 Å². The largest absolute Gasteiger partial charge is 0.346 e. The Labute approximate surface area is 119 Å². The van der Waals surface area contributed by atoms with E-state index in [1.807, 2.05) is 19.1 Å². The van der Waals surface area contributed by atoms with Gasteiger partial charge in [-0.1, -0.05) is 11.8 Å². The summed E-state index contributed by atoms with van der Waals surface area (Å²) in [6, 6.07) is 3.90. The third kappa shape index (κ3) is 3.89. The highest BCUT2D eigenvalue weighted by Gasteiger charge is 2.08. The molecule has 0 aliphatic carbocycles. The maximum atomic E-state index is 11.8. The van der Waals surface area contributed by atoms with E-state index < -0.39 is 0 Å². The minimum atomic E-state index is -0.0893. The van der Waals surface area contributed by atoms with Crippen LogP contribution in [0.3, 0.4) is 0 Å². The zero-order chi connectivity index (χ0) is 13.7. The number of nitrogens with zero attached hydrogens (tertiary/aromatic N) is 1. The quantitative estimate of drug-likeness (QED) is 0.847. The van der Waals surface area contributed by atoms with Crippen molar-refractivity contribution >= 4 is 28.6 Å². The fourth-order valence-electron chi connectivity index (χ4n) is 1.40. The van der Waals surface area contributed by atoms with E-state index in [2.05, 4.69) is 22.1 Å². The Morgan fingerprint density at radius 1 is 1.47 bits per heavy atom. The van der Waals surface area contributed by atoms with Crippen LogP contribution in [0.4, 0.5) is 0 Å². The van der Waals surface area contributed by atoms with Crippen molar-refractivity contribution in [2.24, 2.45) is 5.73 Å². The number of hydrogen-bond donors (Lipinski definition) is 2. The SMILES string of the molecule is Cc1ncc(C(=O)NCc2ccc(C#CCN)s2)s1. The summed E-state index contributed by atoms with van der Waals surface area (Å²) in [5.74, 6) is 5.69. The van der Waals surface area contributed by atoms with Gasteiger partial charge in [0.2, 0.25) is 0 Å². The van der Waals surface area contributed by atoms with E-state index in [-0.39, 0.29) is 5.91 Å². The zero-order valence-corrected chi connectivity index (χ0v) is 12.0. The third-order valence-corrected chi connectivity index (χ3v) is 4.16. The van der Waals surface area contributed by atoms with Crippen LogP contribution in [0.2, 0.25) is 0 Å². The molecule has 0 fully saturated rings. The van der Waals surface area contributed by atoms with Crippen molar-refractivity contribution in [1.82, 2.24) is 10.3 Å². The molecule has 2 rings (SSSR count). The minimum absolute atomic E-state index is 0.0893. The maximum absolute atomic E-state index is 11.8. The number of nitrogens with two attached hydrogens (primary N) is 1. The molecule has 0 bridgehead atoms. The molecule has 0 saturated carbocycles. The van der Waals surface area contributed by atoms with Crippen molar-refractivity contribution in [3.63, 3.8) is 0 Å². The van der Waals surface area contributed by atoms with E-state index in [0.717, 1.165) is 14.8 Å². The van der Waals surface area contributed by atoms with Crippen molar-refractivity contribution in [1.29, 1.82) is 0 Å². The van der Waals surface area contributed by atoms with Crippen LogP contribution in [0.1, 0.15) is 24.4 Å².